The van der Waals surface area contributed by atoms with Crippen molar-refractivity contribution in [3.05, 3.63) is 29.8 Å². The van der Waals surface area contributed by atoms with Crippen molar-refractivity contribution in [1.82, 2.24) is 4.90 Å². The molecule has 1 aromatic carbocycles. The molecule has 2 rings (SSSR count). The van der Waals surface area contributed by atoms with Gasteiger partial charge in [0, 0.05) is 26.3 Å². The van der Waals surface area contributed by atoms with Crippen LogP contribution in [0, 0.1) is 12.8 Å². The molecule has 0 spiro atoms. The van der Waals surface area contributed by atoms with Crippen molar-refractivity contribution in [3.63, 3.8) is 0 Å². The molecule has 114 valence electrons. The van der Waals surface area contributed by atoms with Gasteiger partial charge in [0.05, 0.1) is 18.6 Å². The van der Waals surface area contributed by atoms with Crippen LogP contribution in [0.3, 0.4) is 0 Å². The maximum Gasteiger partial charge on any atom is 0.229 e. The number of hydrogen-bond donors (Lipinski definition) is 1. The number of ether oxygens (including phenoxy) is 1. The monoisotopic (exact) mass is 290 g/mol. The van der Waals surface area contributed by atoms with E-state index in [9.17, 15) is 9.59 Å². The van der Waals surface area contributed by atoms with Crippen molar-refractivity contribution < 1.29 is 14.3 Å². The summed E-state index contributed by atoms with van der Waals surface area (Å²) in [6.07, 6.45) is 0.970. The number of rotatable bonds is 4. The fraction of sp³-hybridized carbons (Fsp3) is 0.500. The minimum Gasteiger partial charge on any atom is -0.383 e. The molecule has 0 radical (unpaired) electrons. The number of likely N-dealkylation sites (tertiary alicyclic amines) is 1. The summed E-state index contributed by atoms with van der Waals surface area (Å²) in [6, 6.07) is 7.48. The number of benzene rings is 1. The average Bonchev–Trinajstić information content (AvgIpc) is 2.46. The number of methoxy groups -OCH3 is 1. The summed E-state index contributed by atoms with van der Waals surface area (Å²) >= 11 is 0. The number of amides is 2. The Labute approximate surface area is 125 Å². The number of carbonyl (C=O) groups excluding carboxylic acids is 2. The number of likely N-dealkylation sites (N-methyl/N-ethyl adjacent to an activating group) is 1. The van der Waals surface area contributed by atoms with Gasteiger partial charge in [0.15, 0.2) is 0 Å². The highest BCUT2D eigenvalue weighted by Gasteiger charge is 2.37. The van der Waals surface area contributed by atoms with Crippen molar-refractivity contribution in [2.75, 3.05) is 26.1 Å². The van der Waals surface area contributed by atoms with E-state index in [-0.39, 0.29) is 23.8 Å². The van der Waals surface area contributed by atoms with E-state index in [2.05, 4.69) is 5.32 Å². The Morgan fingerprint density at radius 1 is 1.38 bits per heavy atom. The zero-order valence-electron chi connectivity index (χ0n) is 12.8. The highest BCUT2D eigenvalue weighted by Crippen LogP contribution is 2.25. The molecular formula is C16H22N2O3. The van der Waals surface area contributed by atoms with E-state index in [1.165, 1.54) is 0 Å². The van der Waals surface area contributed by atoms with Gasteiger partial charge >= 0.3 is 0 Å². The molecule has 21 heavy (non-hydrogen) atoms. The van der Waals surface area contributed by atoms with Crippen molar-refractivity contribution in [1.29, 1.82) is 0 Å². The third-order valence-electron chi connectivity index (χ3n) is 4.02. The van der Waals surface area contributed by atoms with E-state index in [0.717, 1.165) is 11.3 Å². The van der Waals surface area contributed by atoms with E-state index in [1.807, 2.05) is 31.2 Å². The Morgan fingerprint density at radius 2 is 2.05 bits per heavy atom. The molecule has 1 aliphatic rings. The largest absolute Gasteiger partial charge is 0.383 e. The summed E-state index contributed by atoms with van der Waals surface area (Å²) in [5.74, 6) is -0.231. The Hall–Kier alpha value is -1.88. The SMILES string of the molecule is COC[C@@H]1[C@H](C(=O)Nc2ccc(C)cc2)CCC(=O)N1C. The van der Waals surface area contributed by atoms with Gasteiger partial charge in [-0.15, -0.1) is 0 Å². The average molecular weight is 290 g/mol. The molecule has 5 nitrogen and oxygen atoms in total. The highest BCUT2D eigenvalue weighted by atomic mass is 16.5. The van der Waals surface area contributed by atoms with Gasteiger partial charge < -0.3 is 15.0 Å². The molecule has 1 heterocycles. The fourth-order valence-electron chi connectivity index (χ4n) is 2.68. The molecule has 1 aliphatic heterocycles. The molecule has 2 amide bonds. The lowest BCUT2D eigenvalue weighted by Crippen LogP contribution is -2.52. The van der Waals surface area contributed by atoms with Gasteiger partial charge in [0.1, 0.15) is 0 Å². The second-order valence-corrected chi connectivity index (χ2v) is 5.53. The summed E-state index contributed by atoms with van der Waals surface area (Å²) in [5, 5.41) is 2.93. The molecule has 0 saturated carbocycles. The number of hydrogen-bond acceptors (Lipinski definition) is 3. The molecular weight excluding hydrogens is 268 g/mol. The predicted molar refractivity (Wildman–Crippen MR) is 81.0 cm³/mol. The van der Waals surface area contributed by atoms with Gasteiger partial charge in [-0.05, 0) is 25.5 Å². The lowest BCUT2D eigenvalue weighted by molar-refractivity contribution is -0.141. The smallest absolute Gasteiger partial charge is 0.229 e. The van der Waals surface area contributed by atoms with Crippen LogP contribution >= 0.6 is 0 Å². The number of nitrogens with zero attached hydrogens (tertiary/aromatic N) is 1. The summed E-state index contributed by atoms with van der Waals surface area (Å²) in [5.41, 5.74) is 1.93. The lowest BCUT2D eigenvalue weighted by Gasteiger charge is -2.37. The molecule has 1 aromatic rings. The minimum absolute atomic E-state index is 0.0553. The number of anilines is 1. The van der Waals surface area contributed by atoms with Gasteiger partial charge in [-0.3, -0.25) is 9.59 Å². The van der Waals surface area contributed by atoms with Crippen LogP contribution in [-0.2, 0) is 14.3 Å². The van der Waals surface area contributed by atoms with Crippen LogP contribution in [0.15, 0.2) is 24.3 Å². The standard InChI is InChI=1S/C16H22N2O3/c1-11-4-6-12(7-5-11)17-16(20)13-8-9-15(19)18(2)14(13)10-21-3/h4-7,13-14H,8-10H2,1-3H3,(H,17,20)/t13-,14-/m1/s1. The normalized spacial score (nSPS) is 22.2. The third kappa shape index (κ3) is 3.61. The number of aryl methyl sites for hydroxylation is 1. The second kappa shape index (κ2) is 6.72. The van der Waals surface area contributed by atoms with Gasteiger partial charge in [-0.2, -0.15) is 0 Å². The van der Waals surface area contributed by atoms with E-state index >= 15 is 0 Å². The summed E-state index contributed by atoms with van der Waals surface area (Å²) in [7, 11) is 3.32. The second-order valence-electron chi connectivity index (χ2n) is 5.53. The Kier molecular flexibility index (Phi) is 4.96. The maximum absolute atomic E-state index is 12.5. The van der Waals surface area contributed by atoms with Gasteiger partial charge in [0.25, 0.3) is 0 Å². The van der Waals surface area contributed by atoms with Gasteiger partial charge in [0.2, 0.25) is 11.8 Å². The predicted octanol–water partition coefficient (Wildman–Crippen LogP) is 1.82. The topological polar surface area (TPSA) is 58.6 Å². The van der Waals surface area contributed by atoms with Crippen LogP contribution in [0.25, 0.3) is 0 Å². The van der Waals surface area contributed by atoms with Crippen LogP contribution < -0.4 is 5.32 Å². The molecule has 1 fully saturated rings. The zero-order chi connectivity index (χ0) is 15.4. The van der Waals surface area contributed by atoms with Crippen molar-refractivity contribution in [2.45, 2.75) is 25.8 Å². The first-order valence-corrected chi connectivity index (χ1v) is 7.15. The first-order chi connectivity index (χ1) is 10.0. The van der Waals surface area contributed by atoms with Crippen LogP contribution in [-0.4, -0.2) is 43.5 Å². The van der Waals surface area contributed by atoms with Crippen LogP contribution in [0.2, 0.25) is 0 Å². The first kappa shape index (κ1) is 15.5. The van der Waals surface area contributed by atoms with Crippen LogP contribution in [0.1, 0.15) is 18.4 Å². The summed E-state index contributed by atoms with van der Waals surface area (Å²) < 4.78 is 5.17. The van der Waals surface area contributed by atoms with Crippen molar-refractivity contribution in [2.24, 2.45) is 5.92 Å². The van der Waals surface area contributed by atoms with E-state index < -0.39 is 0 Å². The Balaban J connectivity index is 2.08. The number of nitrogens with one attached hydrogen (secondary N) is 1. The molecule has 1 saturated heterocycles. The number of carbonyl (C=O) groups is 2. The number of piperidine rings is 1. The molecule has 2 atom stereocenters. The van der Waals surface area contributed by atoms with Crippen molar-refractivity contribution >= 4 is 17.5 Å². The molecule has 1 N–H and O–H groups in total. The maximum atomic E-state index is 12.5. The highest BCUT2D eigenvalue weighted by molar-refractivity contribution is 5.94. The molecule has 5 heteroatoms. The molecule has 0 unspecified atom stereocenters. The first-order valence-electron chi connectivity index (χ1n) is 7.15. The quantitative estimate of drug-likeness (QED) is 0.920. The van der Waals surface area contributed by atoms with Crippen LogP contribution in [0.4, 0.5) is 5.69 Å². The van der Waals surface area contributed by atoms with E-state index in [0.29, 0.717) is 19.4 Å². The summed E-state index contributed by atoms with van der Waals surface area (Å²) in [6.45, 7) is 2.37. The zero-order valence-corrected chi connectivity index (χ0v) is 12.8. The van der Waals surface area contributed by atoms with Gasteiger partial charge in [-0.1, -0.05) is 17.7 Å². The van der Waals surface area contributed by atoms with Crippen LogP contribution in [0.5, 0.6) is 0 Å². The third-order valence-corrected chi connectivity index (χ3v) is 4.02. The van der Waals surface area contributed by atoms with Gasteiger partial charge in [-0.25, -0.2) is 0 Å². The molecule has 0 aromatic heterocycles. The minimum atomic E-state index is -0.242. The fourth-order valence-corrected chi connectivity index (χ4v) is 2.68. The Morgan fingerprint density at radius 3 is 2.67 bits per heavy atom. The Bertz CT molecular complexity index is 513. The summed E-state index contributed by atoms with van der Waals surface area (Å²) in [4.78, 5) is 25.9. The molecule has 0 bridgehead atoms. The molecule has 0 aliphatic carbocycles. The lowest BCUT2D eigenvalue weighted by atomic mass is 9.88. The van der Waals surface area contributed by atoms with Crippen molar-refractivity contribution in [3.8, 4) is 0 Å². The van der Waals surface area contributed by atoms with E-state index in [4.69, 9.17) is 4.74 Å². The van der Waals surface area contributed by atoms with E-state index in [1.54, 1.807) is 19.1 Å².